The number of rotatable bonds is 2. The van der Waals surface area contributed by atoms with Gasteiger partial charge in [-0.3, -0.25) is 0 Å². The molecule has 0 heterocycles. The molecule has 0 saturated carbocycles. The zero-order valence-corrected chi connectivity index (χ0v) is 7.78. The highest BCUT2D eigenvalue weighted by atomic mass is 16.5. The van der Waals surface area contributed by atoms with Crippen molar-refractivity contribution in [3.05, 3.63) is 29.3 Å². The summed E-state index contributed by atoms with van der Waals surface area (Å²) in [6.07, 6.45) is 0. The number of nitrogens with zero attached hydrogens (tertiary/aromatic N) is 1. The maximum atomic E-state index is 11.3. The van der Waals surface area contributed by atoms with Gasteiger partial charge in [0.2, 0.25) is 0 Å². The smallest absolute Gasteiger partial charge is 0.340 e. The molecule has 1 aromatic carbocycles. The summed E-state index contributed by atoms with van der Waals surface area (Å²) in [7, 11) is 0. The Morgan fingerprint density at radius 2 is 2.36 bits per heavy atom. The molecule has 2 N–H and O–H groups in total. The first-order valence-electron chi connectivity index (χ1n) is 4.15. The summed E-state index contributed by atoms with van der Waals surface area (Å²) >= 11 is 0. The van der Waals surface area contributed by atoms with Gasteiger partial charge < -0.3 is 10.5 Å². The largest absolute Gasteiger partial charge is 0.462 e. The predicted molar refractivity (Wildman–Crippen MR) is 51.5 cm³/mol. The van der Waals surface area contributed by atoms with Gasteiger partial charge in [-0.15, -0.1) is 0 Å². The second-order valence-electron chi connectivity index (χ2n) is 2.63. The van der Waals surface area contributed by atoms with Crippen LogP contribution in [0.1, 0.15) is 22.8 Å². The van der Waals surface area contributed by atoms with Gasteiger partial charge in [-0.05, 0) is 25.1 Å². The Hall–Kier alpha value is -2.02. The number of nitrogen functional groups attached to an aromatic ring is 1. The molecule has 4 nitrogen and oxygen atoms in total. The van der Waals surface area contributed by atoms with Gasteiger partial charge in [0.05, 0.1) is 23.8 Å². The lowest BCUT2D eigenvalue weighted by atomic mass is 10.1. The summed E-state index contributed by atoms with van der Waals surface area (Å²) in [6.45, 7) is 2.02. The molecule has 0 aliphatic rings. The Kier molecular flexibility index (Phi) is 3.08. The third-order valence-electron chi connectivity index (χ3n) is 1.68. The molecular formula is C10H10N2O2. The molecule has 0 radical (unpaired) electrons. The first-order chi connectivity index (χ1) is 6.69. The van der Waals surface area contributed by atoms with E-state index in [0.717, 1.165) is 0 Å². The lowest BCUT2D eigenvalue weighted by Gasteiger charge is -2.04. The summed E-state index contributed by atoms with van der Waals surface area (Å²) in [5, 5.41) is 8.57. The molecule has 0 aliphatic carbocycles. The second kappa shape index (κ2) is 4.28. The number of ether oxygens (including phenoxy) is 1. The highest BCUT2D eigenvalue weighted by Gasteiger charge is 2.10. The first kappa shape index (κ1) is 10.1. The van der Waals surface area contributed by atoms with Crippen molar-refractivity contribution in [3.8, 4) is 6.07 Å². The SMILES string of the molecule is CCOC(=O)c1ccc(C#N)cc1N. The van der Waals surface area contributed by atoms with E-state index in [1.54, 1.807) is 6.92 Å². The van der Waals surface area contributed by atoms with Crippen LogP contribution in [0.3, 0.4) is 0 Å². The number of hydrogen-bond acceptors (Lipinski definition) is 4. The summed E-state index contributed by atoms with van der Waals surface area (Å²) in [4.78, 5) is 11.3. The van der Waals surface area contributed by atoms with E-state index in [0.29, 0.717) is 17.7 Å². The van der Waals surface area contributed by atoms with Crippen LogP contribution < -0.4 is 5.73 Å². The number of benzene rings is 1. The van der Waals surface area contributed by atoms with E-state index in [1.165, 1.54) is 18.2 Å². The number of carbonyl (C=O) groups is 1. The fourth-order valence-electron chi connectivity index (χ4n) is 1.03. The Morgan fingerprint density at radius 1 is 1.64 bits per heavy atom. The Balaban J connectivity index is 3.01. The van der Waals surface area contributed by atoms with Crippen LogP contribution in [0.4, 0.5) is 5.69 Å². The van der Waals surface area contributed by atoms with Gasteiger partial charge in [0, 0.05) is 5.69 Å². The van der Waals surface area contributed by atoms with Crippen molar-refractivity contribution in [2.75, 3.05) is 12.3 Å². The van der Waals surface area contributed by atoms with Crippen molar-refractivity contribution in [1.82, 2.24) is 0 Å². The highest BCUT2D eigenvalue weighted by molar-refractivity contribution is 5.95. The van der Waals surface area contributed by atoms with E-state index in [4.69, 9.17) is 15.7 Å². The minimum Gasteiger partial charge on any atom is -0.462 e. The van der Waals surface area contributed by atoms with Crippen molar-refractivity contribution in [1.29, 1.82) is 5.26 Å². The van der Waals surface area contributed by atoms with Gasteiger partial charge in [0.15, 0.2) is 0 Å². The van der Waals surface area contributed by atoms with Crippen LogP contribution in [0.15, 0.2) is 18.2 Å². The third kappa shape index (κ3) is 2.02. The van der Waals surface area contributed by atoms with E-state index in [9.17, 15) is 4.79 Å². The Labute approximate surface area is 81.9 Å². The van der Waals surface area contributed by atoms with E-state index in [-0.39, 0.29) is 5.69 Å². The first-order valence-corrected chi connectivity index (χ1v) is 4.15. The standard InChI is InChI=1S/C10H10N2O2/c1-2-14-10(13)8-4-3-7(6-11)5-9(8)12/h3-5H,2,12H2,1H3. The molecule has 1 rings (SSSR count). The number of nitrogens with two attached hydrogens (primary N) is 1. The van der Waals surface area contributed by atoms with E-state index < -0.39 is 5.97 Å². The Morgan fingerprint density at radius 3 is 2.86 bits per heavy atom. The van der Waals surface area contributed by atoms with Crippen LogP contribution in [0.25, 0.3) is 0 Å². The molecule has 72 valence electrons. The van der Waals surface area contributed by atoms with E-state index in [1.807, 2.05) is 6.07 Å². The van der Waals surface area contributed by atoms with Gasteiger partial charge in [-0.1, -0.05) is 0 Å². The summed E-state index contributed by atoms with van der Waals surface area (Å²) in [5.41, 5.74) is 6.57. The fraction of sp³-hybridized carbons (Fsp3) is 0.200. The molecule has 0 bridgehead atoms. The zero-order chi connectivity index (χ0) is 10.6. The van der Waals surface area contributed by atoms with Crippen LogP contribution in [0.2, 0.25) is 0 Å². The molecule has 0 fully saturated rings. The molecule has 0 aliphatic heterocycles. The molecular weight excluding hydrogens is 180 g/mol. The van der Waals surface area contributed by atoms with Crippen LogP contribution in [0.5, 0.6) is 0 Å². The predicted octanol–water partition coefficient (Wildman–Crippen LogP) is 1.32. The molecule has 4 heteroatoms. The van der Waals surface area contributed by atoms with Gasteiger partial charge in [-0.25, -0.2) is 4.79 Å². The van der Waals surface area contributed by atoms with Gasteiger partial charge >= 0.3 is 5.97 Å². The van der Waals surface area contributed by atoms with Crippen molar-refractivity contribution >= 4 is 11.7 Å². The normalized spacial score (nSPS) is 9.14. The van der Waals surface area contributed by atoms with Crippen LogP contribution in [0, 0.1) is 11.3 Å². The zero-order valence-electron chi connectivity index (χ0n) is 7.78. The van der Waals surface area contributed by atoms with Gasteiger partial charge in [-0.2, -0.15) is 5.26 Å². The monoisotopic (exact) mass is 190 g/mol. The van der Waals surface area contributed by atoms with Crippen molar-refractivity contribution < 1.29 is 9.53 Å². The quantitative estimate of drug-likeness (QED) is 0.563. The number of carbonyl (C=O) groups excluding carboxylic acids is 1. The molecule has 0 aromatic heterocycles. The fourth-order valence-corrected chi connectivity index (χ4v) is 1.03. The van der Waals surface area contributed by atoms with Crippen LogP contribution in [-0.4, -0.2) is 12.6 Å². The summed E-state index contributed by atoms with van der Waals surface area (Å²) in [5.74, 6) is -0.463. The maximum Gasteiger partial charge on any atom is 0.340 e. The summed E-state index contributed by atoms with van der Waals surface area (Å²) in [6, 6.07) is 6.41. The molecule has 0 unspecified atom stereocenters. The maximum absolute atomic E-state index is 11.3. The molecule has 0 atom stereocenters. The minimum atomic E-state index is -0.463. The Bertz CT molecular complexity index is 394. The number of nitriles is 1. The highest BCUT2D eigenvalue weighted by Crippen LogP contribution is 2.14. The average Bonchev–Trinajstić information content (AvgIpc) is 2.17. The molecule has 0 amide bonds. The van der Waals surface area contributed by atoms with Crippen molar-refractivity contribution in [2.45, 2.75) is 6.92 Å². The minimum absolute atomic E-state index is 0.266. The number of anilines is 1. The lowest BCUT2D eigenvalue weighted by Crippen LogP contribution is -2.07. The van der Waals surface area contributed by atoms with Crippen molar-refractivity contribution in [3.63, 3.8) is 0 Å². The van der Waals surface area contributed by atoms with Gasteiger partial charge in [0.1, 0.15) is 0 Å². The van der Waals surface area contributed by atoms with E-state index >= 15 is 0 Å². The third-order valence-corrected chi connectivity index (χ3v) is 1.68. The van der Waals surface area contributed by atoms with Gasteiger partial charge in [0.25, 0.3) is 0 Å². The average molecular weight is 190 g/mol. The van der Waals surface area contributed by atoms with Crippen LogP contribution >= 0.6 is 0 Å². The second-order valence-corrected chi connectivity index (χ2v) is 2.63. The molecule has 1 aromatic rings. The lowest BCUT2D eigenvalue weighted by molar-refractivity contribution is 0.0527. The molecule has 0 spiro atoms. The summed E-state index contributed by atoms with van der Waals surface area (Å²) < 4.78 is 4.78. The van der Waals surface area contributed by atoms with Crippen molar-refractivity contribution in [2.24, 2.45) is 0 Å². The molecule has 0 saturated heterocycles. The molecule has 14 heavy (non-hydrogen) atoms. The number of esters is 1. The number of hydrogen-bond donors (Lipinski definition) is 1. The van der Waals surface area contributed by atoms with Crippen LogP contribution in [-0.2, 0) is 4.74 Å². The van der Waals surface area contributed by atoms with E-state index in [2.05, 4.69) is 0 Å². The topological polar surface area (TPSA) is 76.1 Å².